The highest BCUT2D eigenvalue weighted by atomic mass is 16.4. The Morgan fingerprint density at radius 2 is 1.33 bits per heavy atom. The van der Waals surface area contributed by atoms with Gasteiger partial charge in [-0.2, -0.15) is 0 Å². The van der Waals surface area contributed by atoms with Crippen molar-refractivity contribution < 1.29 is 14.7 Å². The number of aliphatic carboxylic acids is 1. The normalized spacial score (nSPS) is 12.5. The summed E-state index contributed by atoms with van der Waals surface area (Å²) in [5.41, 5.74) is 0.865. The molecular formula is C24H24N4O5. The van der Waals surface area contributed by atoms with Crippen molar-refractivity contribution in [2.45, 2.75) is 38.5 Å². The number of H-pyrrole nitrogens is 2. The van der Waals surface area contributed by atoms with Gasteiger partial charge in [-0.05, 0) is 24.3 Å². The molecule has 0 aliphatic rings. The van der Waals surface area contributed by atoms with Crippen LogP contribution in [0.15, 0.2) is 58.1 Å². The minimum absolute atomic E-state index is 0.0543. The number of carboxylic acid groups (broad SMARTS) is 1. The standard InChI is InChI=1S/C12H12N2O3.C12H12N2O2/c1-7(6-10(15)16)11-13-9-5-3-2-4-8(9)12(17)14-11;1-8(6-7-15)11-13-10-5-3-2-4-9(10)12(16)14-11/h2-5,7H,6H2,1H3,(H,15,16)(H,13,14,17);2-5,7-8H,6H2,1H3,(H,13,14,16). The number of nitrogens with zero attached hydrogens (tertiary/aromatic N) is 2. The number of carboxylic acids is 1. The van der Waals surface area contributed by atoms with Gasteiger partial charge in [0.05, 0.1) is 28.2 Å². The molecule has 2 unspecified atom stereocenters. The zero-order chi connectivity index (χ0) is 24.0. The predicted molar refractivity (Wildman–Crippen MR) is 124 cm³/mol. The zero-order valence-corrected chi connectivity index (χ0v) is 18.2. The Morgan fingerprint density at radius 1 is 0.879 bits per heavy atom. The molecule has 0 amide bonds. The van der Waals surface area contributed by atoms with E-state index < -0.39 is 5.97 Å². The molecule has 0 fully saturated rings. The zero-order valence-electron chi connectivity index (χ0n) is 18.2. The summed E-state index contributed by atoms with van der Waals surface area (Å²) in [6.07, 6.45) is 1.14. The smallest absolute Gasteiger partial charge is 0.304 e. The molecule has 4 rings (SSSR count). The molecule has 0 radical (unpaired) electrons. The van der Waals surface area contributed by atoms with Crippen LogP contribution in [0.3, 0.4) is 0 Å². The summed E-state index contributed by atoms with van der Waals surface area (Å²) in [6, 6.07) is 14.1. The molecule has 2 heterocycles. The van der Waals surface area contributed by atoms with E-state index in [2.05, 4.69) is 19.9 Å². The Labute approximate surface area is 188 Å². The van der Waals surface area contributed by atoms with Gasteiger partial charge >= 0.3 is 5.97 Å². The summed E-state index contributed by atoms with van der Waals surface area (Å²) < 4.78 is 0. The van der Waals surface area contributed by atoms with E-state index in [1.54, 1.807) is 49.4 Å². The number of rotatable bonds is 6. The van der Waals surface area contributed by atoms with Crippen LogP contribution in [0.25, 0.3) is 21.8 Å². The Balaban J connectivity index is 0.000000186. The van der Waals surface area contributed by atoms with E-state index in [0.717, 1.165) is 6.29 Å². The molecule has 2 aromatic carbocycles. The molecule has 170 valence electrons. The van der Waals surface area contributed by atoms with Crippen molar-refractivity contribution in [3.63, 3.8) is 0 Å². The van der Waals surface area contributed by atoms with Crippen molar-refractivity contribution in [2.75, 3.05) is 0 Å². The fourth-order valence-electron chi connectivity index (χ4n) is 3.29. The summed E-state index contributed by atoms with van der Waals surface area (Å²) in [6.45, 7) is 3.59. The maximum Gasteiger partial charge on any atom is 0.304 e. The number of fused-ring (bicyclic) bond motifs is 2. The summed E-state index contributed by atoms with van der Waals surface area (Å²) in [4.78, 5) is 58.4. The largest absolute Gasteiger partial charge is 0.481 e. The number of hydrogen-bond donors (Lipinski definition) is 3. The Morgan fingerprint density at radius 3 is 1.79 bits per heavy atom. The first kappa shape index (κ1) is 23.5. The molecule has 2 aromatic heterocycles. The van der Waals surface area contributed by atoms with E-state index in [-0.39, 0.29) is 29.4 Å². The van der Waals surface area contributed by atoms with Crippen molar-refractivity contribution in [2.24, 2.45) is 0 Å². The number of aromatic amines is 2. The van der Waals surface area contributed by atoms with Gasteiger partial charge in [-0.15, -0.1) is 0 Å². The first-order valence-corrected chi connectivity index (χ1v) is 10.4. The molecule has 0 aliphatic carbocycles. The van der Waals surface area contributed by atoms with Crippen molar-refractivity contribution >= 4 is 34.1 Å². The summed E-state index contributed by atoms with van der Waals surface area (Å²) in [7, 11) is 0. The first-order chi connectivity index (χ1) is 15.8. The molecule has 0 spiro atoms. The molecule has 0 aliphatic heterocycles. The number of carbonyl (C=O) groups is 2. The summed E-state index contributed by atoms with van der Waals surface area (Å²) in [5, 5.41) is 9.79. The summed E-state index contributed by atoms with van der Waals surface area (Å²) >= 11 is 0. The van der Waals surface area contributed by atoms with Crippen molar-refractivity contribution in [3.8, 4) is 0 Å². The summed E-state index contributed by atoms with van der Waals surface area (Å²) in [5.74, 6) is -0.306. The fourth-order valence-corrected chi connectivity index (χ4v) is 3.29. The maximum atomic E-state index is 11.7. The van der Waals surface area contributed by atoms with Gasteiger partial charge in [0.1, 0.15) is 17.9 Å². The van der Waals surface area contributed by atoms with Crippen LogP contribution in [0, 0.1) is 0 Å². The van der Waals surface area contributed by atoms with Crippen LogP contribution >= 0.6 is 0 Å². The maximum absolute atomic E-state index is 11.7. The van der Waals surface area contributed by atoms with E-state index in [1.165, 1.54) is 0 Å². The lowest BCUT2D eigenvalue weighted by Gasteiger charge is -2.08. The fraction of sp³-hybridized carbons (Fsp3) is 0.250. The first-order valence-electron chi connectivity index (χ1n) is 10.4. The molecule has 0 bridgehead atoms. The van der Waals surface area contributed by atoms with Gasteiger partial charge in [-0.3, -0.25) is 14.4 Å². The Bertz CT molecular complexity index is 1410. The van der Waals surface area contributed by atoms with Crippen LogP contribution in [0.5, 0.6) is 0 Å². The third-order valence-electron chi connectivity index (χ3n) is 5.13. The monoisotopic (exact) mass is 448 g/mol. The van der Waals surface area contributed by atoms with E-state index in [1.807, 2.05) is 13.0 Å². The van der Waals surface area contributed by atoms with Gasteiger partial charge in [0.2, 0.25) is 0 Å². The van der Waals surface area contributed by atoms with Crippen LogP contribution < -0.4 is 11.1 Å². The second kappa shape index (κ2) is 10.4. The predicted octanol–water partition coefficient (Wildman–Crippen LogP) is 3.12. The topological polar surface area (TPSA) is 146 Å². The van der Waals surface area contributed by atoms with E-state index in [9.17, 15) is 19.2 Å². The average Bonchev–Trinajstić information content (AvgIpc) is 2.79. The third-order valence-corrected chi connectivity index (χ3v) is 5.13. The molecule has 9 heteroatoms. The highest BCUT2D eigenvalue weighted by Gasteiger charge is 2.14. The van der Waals surface area contributed by atoms with Gasteiger partial charge in [0.15, 0.2) is 0 Å². The van der Waals surface area contributed by atoms with E-state index >= 15 is 0 Å². The minimum atomic E-state index is -0.909. The lowest BCUT2D eigenvalue weighted by molar-refractivity contribution is -0.137. The second-order valence-electron chi connectivity index (χ2n) is 7.74. The van der Waals surface area contributed by atoms with Crippen LogP contribution in [0.4, 0.5) is 0 Å². The Kier molecular flexibility index (Phi) is 7.45. The third kappa shape index (κ3) is 5.76. The second-order valence-corrected chi connectivity index (χ2v) is 7.74. The van der Waals surface area contributed by atoms with Gasteiger partial charge in [0.25, 0.3) is 11.1 Å². The number of benzene rings is 2. The van der Waals surface area contributed by atoms with Gasteiger partial charge in [-0.1, -0.05) is 38.1 Å². The van der Waals surface area contributed by atoms with Crippen LogP contribution in [0.2, 0.25) is 0 Å². The number of aldehydes is 1. The van der Waals surface area contributed by atoms with Crippen LogP contribution in [-0.2, 0) is 9.59 Å². The van der Waals surface area contributed by atoms with Gasteiger partial charge in [0, 0.05) is 18.3 Å². The average molecular weight is 448 g/mol. The SMILES string of the molecule is CC(CC(=O)O)c1nc2ccccc2c(=O)[nH]1.CC(CC=O)c1nc2ccccc2c(=O)[nH]1. The van der Waals surface area contributed by atoms with Crippen LogP contribution in [0.1, 0.15) is 50.2 Å². The molecular weight excluding hydrogens is 424 g/mol. The highest BCUT2D eigenvalue weighted by Crippen LogP contribution is 2.16. The molecule has 4 aromatic rings. The van der Waals surface area contributed by atoms with E-state index in [4.69, 9.17) is 5.11 Å². The number of carbonyl (C=O) groups excluding carboxylic acids is 1. The van der Waals surface area contributed by atoms with Crippen molar-refractivity contribution in [1.82, 2.24) is 19.9 Å². The number of nitrogens with one attached hydrogen (secondary N) is 2. The van der Waals surface area contributed by atoms with Gasteiger partial charge in [-0.25, -0.2) is 9.97 Å². The molecule has 2 atom stereocenters. The molecule has 0 saturated carbocycles. The lowest BCUT2D eigenvalue weighted by Crippen LogP contribution is -2.15. The molecule has 3 N–H and O–H groups in total. The number of hydrogen-bond acceptors (Lipinski definition) is 6. The molecule has 9 nitrogen and oxygen atoms in total. The van der Waals surface area contributed by atoms with Crippen molar-refractivity contribution in [3.05, 3.63) is 80.9 Å². The van der Waals surface area contributed by atoms with Crippen molar-refractivity contribution in [1.29, 1.82) is 0 Å². The lowest BCUT2D eigenvalue weighted by atomic mass is 10.1. The minimum Gasteiger partial charge on any atom is -0.481 e. The van der Waals surface area contributed by atoms with Crippen LogP contribution in [-0.4, -0.2) is 37.3 Å². The van der Waals surface area contributed by atoms with Gasteiger partial charge < -0.3 is 19.9 Å². The van der Waals surface area contributed by atoms with E-state index in [0.29, 0.717) is 39.9 Å². The number of aromatic nitrogens is 4. The Hall–Kier alpha value is -4.14. The highest BCUT2D eigenvalue weighted by molar-refractivity contribution is 5.78. The quantitative estimate of drug-likeness (QED) is 0.384. The molecule has 0 saturated heterocycles. The number of para-hydroxylation sites is 2. The molecule has 33 heavy (non-hydrogen) atoms.